The van der Waals surface area contributed by atoms with Crippen LogP contribution in [0, 0.1) is 0 Å². The molecule has 0 aliphatic carbocycles. The number of hydrogen-bond donors (Lipinski definition) is 2. The molecule has 0 amide bonds. The van der Waals surface area contributed by atoms with Crippen molar-refractivity contribution in [2.75, 3.05) is 6.61 Å². The first-order valence-corrected chi connectivity index (χ1v) is 5.20. The van der Waals surface area contributed by atoms with E-state index in [0.29, 0.717) is 6.42 Å². The summed E-state index contributed by atoms with van der Waals surface area (Å²) < 4.78 is 18.6. The number of carboxylic acids is 1. The van der Waals surface area contributed by atoms with Crippen LogP contribution in [0.2, 0.25) is 0 Å². The Morgan fingerprint density at radius 3 is 2.93 bits per heavy atom. The quantitative estimate of drug-likeness (QED) is 0.745. The van der Waals surface area contributed by atoms with Crippen LogP contribution in [0.25, 0.3) is 0 Å². The Labute approximate surface area is 88.0 Å². The molecule has 2 N–H and O–H groups in total. The van der Waals surface area contributed by atoms with Crippen molar-refractivity contribution < 1.29 is 24.1 Å². The molecule has 1 rings (SSSR count). The van der Waals surface area contributed by atoms with Crippen molar-refractivity contribution >= 4 is 5.97 Å². The van der Waals surface area contributed by atoms with Crippen LogP contribution in [0.1, 0.15) is 32.6 Å². The molecule has 0 spiro atoms. The lowest BCUT2D eigenvalue weighted by Gasteiger charge is -2.37. The second kappa shape index (κ2) is 4.90. The van der Waals surface area contributed by atoms with E-state index in [1.54, 1.807) is 0 Å². The van der Waals surface area contributed by atoms with E-state index in [1.165, 1.54) is 0 Å². The topological polar surface area (TPSA) is 66.8 Å². The van der Waals surface area contributed by atoms with Crippen LogP contribution in [0.3, 0.4) is 0 Å². The van der Waals surface area contributed by atoms with Crippen molar-refractivity contribution in [1.82, 2.24) is 0 Å². The lowest BCUT2D eigenvalue weighted by molar-refractivity contribution is -0.170. The molecule has 1 aliphatic heterocycles. The van der Waals surface area contributed by atoms with Gasteiger partial charge in [0.05, 0.1) is 6.10 Å². The first-order valence-electron chi connectivity index (χ1n) is 5.20. The summed E-state index contributed by atoms with van der Waals surface area (Å²) in [4.78, 5) is 10.5. The maximum absolute atomic E-state index is 13.3. The third-order valence-corrected chi connectivity index (χ3v) is 2.77. The number of alkyl halides is 1. The molecule has 0 radical (unpaired) electrons. The van der Waals surface area contributed by atoms with Gasteiger partial charge in [0.1, 0.15) is 5.60 Å². The molecule has 0 saturated carbocycles. The molecule has 15 heavy (non-hydrogen) atoms. The molecule has 88 valence electrons. The van der Waals surface area contributed by atoms with Crippen LogP contribution in [-0.4, -0.2) is 40.7 Å². The third-order valence-electron chi connectivity index (χ3n) is 2.77. The lowest BCUT2D eigenvalue weighted by Crippen LogP contribution is -2.50. The second-order valence-corrected chi connectivity index (χ2v) is 4.04. The molecule has 1 heterocycles. The van der Waals surface area contributed by atoms with Crippen molar-refractivity contribution in [3.05, 3.63) is 0 Å². The van der Waals surface area contributed by atoms with E-state index in [4.69, 9.17) is 9.84 Å². The smallest absolute Gasteiger partial charge is 0.341 e. The monoisotopic (exact) mass is 220 g/mol. The molecule has 4 nitrogen and oxygen atoms in total. The van der Waals surface area contributed by atoms with E-state index in [9.17, 15) is 14.3 Å². The van der Waals surface area contributed by atoms with Crippen LogP contribution in [0.4, 0.5) is 4.39 Å². The highest BCUT2D eigenvalue weighted by atomic mass is 19.1. The fourth-order valence-corrected chi connectivity index (χ4v) is 1.92. The standard InChI is InChI=1S/C10H17FO4/c1-2-3-7-6-10(14,4-5-15-7)8(11)9(12)13/h7-8,14H,2-6H2,1H3,(H,12,13). The summed E-state index contributed by atoms with van der Waals surface area (Å²) >= 11 is 0. The SMILES string of the molecule is CCCC1CC(O)(C(F)C(=O)O)CCO1. The van der Waals surface area contributed by atoms with Crippen LogP contribution in [-0.2, 0) is 9.53 Å². The molecule has 0 bridgehead atoms. The molecule has 0 aromatic carbocycles. The number of carboxylic acid groups (broad SMARTS) is 1. The van der Waals surface area contributed by atoms with Crippen LogP contribution < -0.4 is 0 Å². The average molecular weight is 220 g/mol. The minimum absolute atomic E-state index is 0.0423. The Hall–Kier alpha value is -0.680. The summed E-state index contributed by atoms with van der Waals surface area (Å²) in [6.07, 6.45) is -0.763. The highest BCUT2D eigenvalue weighted by Crippen LogP contribution is 2.31. The van der Waals surface area contributed by atoms with Gasteiger partial charge in [-0.1, -0.05) is 13.3 Å². The van der Waals surface area contributed by atoms with Gasteiger partial charge in [-0.05, 0) is 6.42 Å². The number of rotatable bonds is 4. The molecule has 0 aromatic rings. The maximum atomic E-state index is 13.3. The summed E-state index contributed by atoms with van der Waals surface area (Å²) in [7, 11) is 0. The Kier molecular flexibility index (Phi) is 4.04. The second-order valence-electron chi connectivity index (χ2n) is 4.04. The number of aliphatic carboxylic acids is 1. The normalized spacial score (nSPS) is 33.7. The van der Waals surface area contributed by atoms with Gasteiger partial charge in [-0.25, -0.2) is 9.18 Å². The number of halogens is 1. The minimum atomic E-state index is -2.22. The third kappa shape index (κ3) is 2.89. The average Bonchev–Trinajstić information content (AvgIpc) is 2.17. The zero-order chi connectivity index (χ0) is 11.5. The molecule has 3 unspecified atom stereocenters. The Morgan fingerprint density at radius 2 is 2.40 bits per heavy atom. The summed E-state index contributed by atoms with van der Waals surface area (Å²) in [6.45, 7) is 2.18. The minimum Gasteiger partial charge on any atom is -0.479 e. The Balaban J connectivity index is 2.63. The largest absolute Gasteiger partial charge is 0.479 e. The molecule has 1 aliphatic rings. The molecular formula is C10H17FO4. The van der Waals surface area contributed by atoms with Crippen molar-refractivity contribution in [3.63, 3.8) is 0 Å². The summed E-state index contributed by atoms with van der Waals surface area (Å²) in [5, 5.41) is 18.4. The van der Waals surface area contributed by atoms with Gasteiger partial charge in [-0.2, -0.15) is 0 Å². The van der Waals surface area contributed by atoms with Crippen molar-refractivity contribution in [1.29, 1.82) is 0 Å². The molecule has 3 atom stereocenters. The van der Waals surface area contributed by atoms with Gasteiger partial charge in [0.25, 0.3) is 0 Å². The predicted molar refractivity (Wildman–Crippen MR) is 51.4 cm³/mol. The maximum Gasteiger partial charge on any atom is 0.341 e. The zero-order valence-electron chi connectivity index (χ0n) is 8.78. The van der Waals surface area contributed by atoms with Crippen LogP contribution >= 0.6 is 0 Å². The molecule has 0 aromatic heterocycles. The van der Waals surface area contributed by atoms with Gasteiger partial charge in [0, 0.05) is 19.4 Å². The van der Waals surface area contributed by atoms with Gasteiger partial charge in [0.15, 0.2) is 0 Å². The van der Waals surface area contributed by atoms with Gasteiger partial charge >= 0.3 is 5.97 Å². The lowest BCUT2D eigenvalue weighted by atomic mass is 9.85. The summed E-state index contributed by atoms with van der Waals surface area (Å²) in [5.74, 6) is -1.60. The fraction of sp³-hybridized carbons (Fsp3) is 0.900. The summed E-state index contributed by atoms with van der Waals surface area (Å²) in [5.41, 5.74) is -1.76. The fourth-order valence-electron chi connectivity index (χ4n) is 1.92. The first kappa shape index (κ1) is 12.4. The molecule has 5 heteroatoms. The number of ether oxygens (including phenoxy) is 1. The van der Waals surface area contributed by atoms with Gasteiger partial charge < -0.3 is 14.9 Å². The highest BCUT2D eigenvalue weighted by molar-refractivity contribution is 5.73. The van der Waals surface area contributed by atoms with Crippen molar-refractivity contribution in [2.45, 2.75) is 50.5 Å². The van der Waals surface area contributed by atoms with Gasteiger partial charge in [-0.15, -0.1) is 0 Å². The molecule has 1 fully saturated rings. The number of aliphatic hydroxyl groups is 1. The number of hydrogen-bond acceptors (Lipinski definition) is 3. The van der Waals surface area contributed by atoms with E-state index in [0.717, 1.165) is 6.42 Å². The van der Waals surface area contributed by atoms with Crippen LogP contribution in [0.15, 0.2) is 0 Å². The predicted octanol–water partition coefficient (Wildman–Crippen LogP) is 1.12. The van der Waals surface area contributed by atoms with Gasteiger partial charge in [0.2, 0.25) is 6.17 Å². The highest BCUT2D eigenvalue weighted by Gasteiger charge is 2.45. The van der Waals surface area contributed by atoms with E-state index in [2.05, 4.69) is 0 Å². The van der Waals surface area contributed by atoms with E-state index in [-0.39, 0.29) is 25.6 Å². The Morgan fingerprint density at radius 1 is 1.73 bits per heavy atom. The van der Waals surface area contributed by atoms with Crippen molar-refractivity contribution in [3.8, 4) is 0 Å². The molecule has 1 saturated heterocycles. The first-order chi connectivity index (χ1) is 6.99. The van der Waals surface area contributed by atoms with E-state index in [1.807, 2.05) is 6.92 Å². The molecular weight excluding hydrogens is 203 g/mol. The Bertz CT molecular complexity index is 231. The van der Waals surface area contributed by atoms with E-state index >= 15 is 0 Å². The van der Waals surface area contributed by atoms with E-state index < -0.39 is 17.7 Å². The van der Waals surface area contributed by atoms with Crippen molar-refractivity contribution in [2.24, 2.45) is 0 Å². The van der Waals surface area contributed by atoms with Crippen LogP contribution in [0.5, 0.6) is 0 Å². The zero-order valence-corrected chi connectivity index (χ0v) is 8.78. The number of carbonyl (C=O) groups is 1. The summed E-state index contributed by atoms with van der Waals surface area (Å²) in [6, 6.07) is 0. The van der Waals surface area contributed by atoms with Gasteiger partial charge in [-0.3, -0.25) is 0 Å².